The lowest BCUT2D eigenvalue weighted by molar-refractivity contribution is 0.0690. The van der Waals surface area contributed by atoms with E-state index in [4.69, 9.17) is 9.47 Å². The van der Waals surface area contributed by atoms with Gasteiger partial charge in [0.1, 0.15) is 30.3 Å². The van der Waals surface area contributed by atoms with Crippen LogP contribution in [0.4, 0.5) is 0 Å². The molecule has 0 radical (unpaired) electrons. The van der Waals surface area contributed by atoms with Crippen molar-refractivity contribution in [2.24, 2.45) is 5.92 Å². The summed E-state index contributed by atoms with van der Waals surface area (Å²) in [6.45, 7) is 6.67. The van der Waals surface area contributed by atoms with Gasteiger partial charge in [0, 0.05) is 12.6 Å². The van der Waals surface area contributed by atoms with Crippen LogP contribution < -0.4 is 14.8 Å². The number of aliphatic hydroxyl groups excluding tert-OH is 1. The molecule has 1 aliphatic rings. The number of rotatable bonds is 7. The minimum absolute atomic E-state index is 0.1000. The number of aliphatic hydroxyl groups is 1. The fourth-order valence-corrected chi connectivity index (χ4v) is 3.13. The van der Waals surface area contributed by atoms with E-state index in [2.05, 4.69) is 5.32 Å². The zero-order chi connectivity index (χ0) is 19.4. The van der Waals surface area contributed by atoms with Crippen molar-refractivity contribution in [2.75, 3.05) is 13.2 Å². The molecule has 0 fully saturated rings. The van der Waals surface area contributed by atoms with Gasteiger partial charge >= 0.3 is 0 Å². The van der Waals surface area contributed by atoms with Crippen LogP contribution in [0.1, 0.15) is 42.8 Å². The minimum atomic E-state index is -0.567. The van der Waals surface area contributed by atoms with Gasteiger partial charge in [-0.3, -0.25) is 4.79 Å². The molecule has 5 nitrogen and oxygen atoms in total. The van der Waals surface area contributed by atoms with E-state index >= 15 is 0 Å². The number of fused-ring (bicyclic) bond motifs is 1. The van der Waals surface area contributed by atoms with E-state index in [1.54, 1.807) is 6.07 Å². The molecule has 2 N–H and O–H groups in total. The van der Waals surface area contributed by atoms with E-state index in [9.17, 15) is 9.90 Å². The average Bonchev–Trinajstić information content (AvgIpc) is 2.68. The number of carbonyl (C=O) groups is 1. The van der Waals surface area contributed by atoms with E-state index < -0.39 is 6.10 Å². The molecular formula is C22H27NO4. The Kier molecular flexibility index (Phi) is 6.14. The molecule has 3 unspecified atom stereocenters. The van der Waals surface area contributed by atoms with E-state index in [-0.39, 0.29) is 24.4 Å². The number of ketones is 1. The number of hydrogen-bond acceptors (Lipinski definition) is 5. The van der Waals surface area contributed by atoms with Crippen molar-refractivity contribution in [3.63, 3.8) is 0 Å². The molecule has 0 aromatic heterocycles. The Hall–Kier alpha value is -2.37. The molecule has 0 amide bonds. The Morgan fingerprint density at radius 3 is 2.56 bits per heavy atom. The molecule has 27 heavy (non-hydrogen) atoms. The predicted octanol–water partition coefficient (Wildman–Crippen LogP) is 3.38. The van der Waals surface area contributed by atoms with Gasteiger partial charge in [0.2, 0.25) is 0 Å². The van der Waals surface area contributed by atoms with Crippen molar-refractivity contribution in [2.45, 2.75) is 39.0 Å². The van der Waals surface area contributed by atoms with Crippen LogP contribution >= 0.6 is 0 Å². The van der Waals surface area contributed by atoms with Crippen LogP contribution in [0.25, 0.3) is 0 Å². The number of para-hydroxylation sites is 1. The van der Waals surface area contributed by atoms with Crippen molar-refractivity contribution in [1.29, 1.82) is 0 Å². The molecule has 144 valence electrons. The quantitative estimate of drug-likeness (QED) is 0.783. The molecule has 0 saturated carbocycles. The van der Waals surface area contributed by atoms with Crippen molar-refractivity contribution in [3.05, 3.63) is 59.7 Å². The number of benzene rings is 2. The third-order valence-corrected chi connectivity index (χ3v) is 4.69. The van der Waals surface area contributed by atoms with Gasteiger partial charge in [-0.2, -0.15) is 0 Å². The minimum Gasteiger partial charge on any atom is -0.491 e. The average molecular weight is 369 g/mol. The van der Waals surface area contributed by atoms with Crippen molar-refractivity contribution in [1.82, 2.24) is 5.32 Å². The normalized spacial score (nSPS) is 20.1. The summed E-state index contributed by atoms with van der Waals surface area (Å²) in [4.78, 5) is 12.6. The smallest absolute Gasteiger partial charge is 0.173 e. The van der Waals surface area contributed by atoms with Crippen LogP contribution in [-0.4, -0.2) is 36.2 Å². The van der Waals surface area contributed by atoms with Crippen LogP contribution in [-0.2, 0) is 0 Å². The second-order valence-corrected chi connectivity index (χ2v) is 7.28. The van der Waals surface area contributed by atoms with E-state index in [1.165, 1.54) is 0 Å². The van der Waals surface area contributed by atoms with Gasteiger partial charge in [-0.05, 0) is 29.8 Å². The monoisotopic (exact) mass is 369 g/mol. The zero-order valence-corrected chi connectivity index (χ0v) is 16.0. The van der Waals surface area contributed by atoms with Crippen LogP contribution in [0.15, 0.2) is 48.5 Å². The summed E-state index contributed by atoms with van der Waals surface area (Å²) >= 11 is 0. The molecule has 2 aromatic carbocycles. The molecule has 0 aliphatic carbocycles. The Morgan fingerprint density at radius 1 is 1.15 bits per heavy atom. The third-order valence-electron chi connectivity index (χ3n) is 4.69. The first-order valence-corrected chi connectivity index (χ1v) is 9.40. The van der Waals surface area contributed by atoms with E-state index in [0.29, 0.717) is 29.6 Å². The first-order valence-electron chi connectivity index (χ1n) is 9.40. The third kappa shape index (κ3) is 4.67. The van der Waals surface area contributed by atoms with E-state index in [1.807, 2.05) is 63.2 Å². The number of hydrogen-bond donors (Lipinski definition) is 2. The molecule has 0 bridgehead atoms. The first-order chi connectivity index (χ1) is 13.0. The molecule has 0 spiro atoms. The molecule has 5 heteroatoms. The lowest BCUT2D eigenvalue weighted by Gasteiger charge is -2.30. The van der Waals surface area contributed by atoms with Crippen molar-refractivity contribution >= 4 is 5.78 Å². The van der Waals surface area contributed by atoms with Crippen LogP contribution in [0.2, 0.25) is 0 Å². The lowest BCUT2D eigenvalue weighted by atomic mass is 9.87. The molecule has 1 aliphatic heterocycles. The molecule has 2 aromatic rings. The van der Waals surface area contributed by atoms with Crippen LogP contribution in [0.3, 0.4) is 0 Å². The zero-order valence-electron chi connectivity index (χ0n) is 16.0. The van der Waals surface area contributed by atoms with Gasteiger partial charge in [-0.25, -0.2) is 0 Å². The fourth-order valence-electron chi connectivity index (χ4n) is 3.13. The summed E-state index contributed by atoms with van der Waals surface area (Å²) in [5.41, 5.74) is 1.57. The van der Waals surface area contributed by atoms with Gasteiger partial charge in [0.25, 0.3) is 0 Å². The number of Topliss-reactive ketones (excluding diaryl/α,β-unsaturated/α-hetero) is 1. The second-order valence-electron chi connectivity index (χ2n) is 7.28. The largest absolute Gasteiger partial charge is 0.491 e. The van der Waals surface area contributed by atoms with Crippen molar-refractivity contribution in [3.8, 4) is 11.5 Å². The highest BCUT2D eigenvalue weighted by Gasteiger charge is 2.34. The van der Waals surface area contributed by atoms with E-state index in [0.717, 1.165) is 5.56 Å². The maximum atomic E-state index is 12.6. The Labute approximate surface area is 160 Å². The van der Waals surface area contributed by atoms with Gasteiger partial charge in [0.15, 0.2) is 5.78 Å². The number of carbonyl (C=O) groups excluding carboxylic acids is 1. The highest BCUT2D eigenvalue weighted by molar-refractivity contribution is 6.01. The molecule has 3 atom stereocenters. The van der Waals surface area contributed by atoms with Crippen LogP contribution in [0, 0.1) is 5.92 Å². The Morgan fingerprint density at radius 2 is 1.85 bits per heavy atom. The van der Waals surface area contributed by atoms with Gasteiger partial charge in [-0.1, -0.05) is 45.0 Å². The summed E-state index contributed by atoms with van der Waals surface area (Å²) in [5.74, 6) is 1.16. The molecule has 1 heterocycles. The summed E-state index contributed by atoms with van der Waals surface area (Å²) in [6, 6.07) is 15.2. The summed E-state index contributed by atoms with van der Waals surface area (Å²) in [7, 11) is 0. The predicted molar refractivity (Wildman–Crippen MR) is 104 cm³/mol. The number of ether oxygens (including phenoxy) is 2. The van der Waals surface area contributed by atoms with Gasteiger partial charge < -0.3 is 19.9 Å². The molecular weight excluding hydrogens is 342 g/mol. The highest BCUT2D eigenvalue weighted by Crippen LogP contribution is 2.38. The Balaban J connectivity index is 1.63. The number of nitrogens with one attached hydrogen (secondary N) is 1. The second kappa shape index (κ2) is 8.55. The maximum Gasteiger partial charge on any atom is 0.173 e. The lowest BCUT2D eigenvalue weighted by Crippen LogP contribution is -2.35. The molecule has 3 rings (SSSR count). The SMILES string of the molecule is CC(C)NCC(O)COc1ccc(C2Oc3ccccc3C(=O)C2C)cc1. The van der Waals surface area contributed by atoms with Gasteiger partial charge in [0.05, 0.1) is 11.5 Å². The standard InChI is InChI=1S/C22H27NO4/c1-14(2)23-12-17(24)13-26-18-10-8-16(9-11-18)22-15(3)21(25)19-6-4-5-7-20(19)27-22/h4-11,14-15,17,22-24H,12-13H2,1-3H3. The van der Waals surface area contributed by atoms with Crippen molar-refractivity contribution < 1.29 is 19.4 Å². The maximum absolute atomic E-state index is 12.6. The van der Waals surface area contributed by atoms with Crippen LogP contribution in [0.5, 0.6) is 11.5 Å². The summed E-state index contributed by atoms with van der Waals surface area (Å²) in [6.07, 6.45) is -0.884. The summed E-state index contributed by atoms with van der Waals surface area (Å²) in [5, 5.41) is 13.1. The summed E-state index contributed by atoms with van der Waals surface area (Å²) < 4.78 is 11.7. The topological polar surface area (TPSA) is 67.8 Å². The first kappa shape index (κ1) is 19.4. The highest BCUT2D eigenvalue weighted by atomic mass is 16.5. The molecule has 0 saturated heterocycles. The fraction of sp³-hybridized carbons (Fsp3) is 0.409. The Bertz CT molecular complexity index is 772. The van der Waals surface area contributed by atoms with Gasteiger partial charge in [-0.15, -0.1) is 0 Å².